The Labute approximate surface area is 116 Å². The molecule has 0 aromatic rings. The fourth-order valence-corrected chi connectivity index (χ4v) is 4.13. The van der Waals surface area contributed by atoms with Crippen LogP contribution in [0, 0.1) is 0 Å². The predicted molar refractivity (Wildman–Crippen MR) is 74.2 cm³/mol. The van der Waals surface area contributed by atoms with E-state index in [1.54, 1.807) is 0 Å². The minimum Gasteiger partial charge on any atom is -0.480 e. The Morgan fingerprint density at radius 1 is 1.37 bits per heavy atom. The molecule has 2 saturated heterocycles. The number of carboxylic acid groups (broad SMARTS) is 1. The summed E-state index contributed by atoms with van der Waals surface area (Å²) >= 11 is 0. The highest BCUT2D eigenvalue weighted by atomic mass is 16.5. The van der Waals surface area contributed by atoms with Crippen molar-refractivity contribution < 1.29 is 14.6 Å². The molecule has 2 aliphatic heterocycles. The molecule has 2 rings (SSSR count). The van der Waals surface area contributed by atoms with Gasteiger partial charge in [0, 0.05) is 6.04 Å². The molecule has 19 heavy (non-hydrogen) atoms. The van der Waals surface area contributed by atoms with Gasteiger partial charge < -0.3 is 9.84 Å². The monoisotopic (exact) mass is 269 g/mol. The van der Waals surface area contributed by atoms with Gasteiger partial charge in [0.2, 0.25) is 0 Å². The van der Waals surface area contributed by atoms with Gasteiger partial charge in [-0.05, 0) is 59.9 Å². The maximum atomic E-state index is 11.8. The molecule has 2 fully saturated rings. The van der Waals surface area contributed by atoms with Crippen LogP contribution in [0.5, 0.6) is 0 Å². The van der Waals surface area contributed by atoms with Gasteiger partial charge in [0.05, 0.1) is 11.2 Å². The van der Waals surface area contributed by atoms with Crippen LogP contribution in [0.15, 0.2) is 0 Å². The molecule has 0 radical (unpaired) electrons. The first-order valence-corrected chi connectivity index (χ1v) is 7.35. The van der Waals surface area contributed by atoms with Gasteiger partial charge in [-0.3, -0.25) is 9.69 Å². The van der Waals surface area contributed by atoms with Crippen molar-refractivity contribution in [3.63, 3.8) is 0 Å². The summed E-state index contributed by atoms with van der Waals surface area (Å²) in [5.41, 5.74) is -1.15. The Hall–Kier alpha value is -0.610. The standard InChI is InChI=1S/C15H27NO3/c1-6-15(12(17)18)8-7-9-16(15)11-10-13(2,3)19-14(11,4)5/h11H,6-10H2,1-5H3,(H,17,18). The summed E-state index contributed by atoms with van der Waals surface area (Å²) in [6.07, 6.45) is 3.28. The third kappa shape index (κ3) is 2.29. The normalized spacial score (nSPS) is 37.6. The van der Waals surface area contributed by atoms with Crippen molar-refractivity contribution in [1.82, 2.24) is 4.90 Å². The first-order valence-electron chi connectivity index (χ1n) is 7.35. The Bertz CT molecular complexity index is 378. The number of carbonyl (C=O) groups is 1. The Morgan fingerprint density at radius 2 is 2.00 bits per heavy atom. The van der Waals surface area contributed by atoms with E-state index in [1.807, 2.05) is 6.92 Å². The Kier molecular flexibility index (Phi) is 3.47. The molecular formula is C15H27NO3. The van der Waals surface area contributed by atoms with Crippen LogP contribution in [-0.2, 0) is 9.53 Å². The molecule has 2 atom stereocenters. The number of likely N-dealkylation sites (tertiary alicyclic amines) is 1. The minimum absolute atomic E-state index is 0.172. The van der Waals surface area contributed by atoms with Crippen molar-refractivity contribution in [2.75, 3.05) is 6.54 Å². The smallest absolute Gasteiger partial charge is 0.324 e. The van der Waals surface area contributed by atoms with Crippen molar-refractivity contribution in [3.8, 4) is 0 Å². The fourth-order valence-electron chi connectivity index (χ4n) is 4.13. The summed E-state index contributed by atoms with van der Waals surface area (Å²) in [6, 6.07) is 0.182. The molecular weight excluding hydrogens is 242 g/mol. The first-order chi connectivity index (χ1) is 8.65. The second kappa shape index (κ2) is 4.45. The molecule has 0 spiro atoms. The average Bonchev–Trinajstić information content (AvgIpc) is 2.76. The molecule has 1 N–H and O–H groups in total. The van der Waals surface area contributed by atoms with Crippen LogP contribution in [0.1, 0.15) is 60.3 Å². The summed E-state index contributed by atoms with van der Waals surface area (Å²) in [5.74, 6) is -0.673. The molecule has 4 heteroatoms. The van der Waals surface area contributed by atoms with Crippen molar-refractivity contribution in [1.29, 1.82) is 0 Å². The number of ether oxygens (including phenoxy) is 1. The number of carboxylic acids is 1. The highest BCUT2D eigenvalue weighted by Gasteiger charge is 2.56. The van der Waals surface area contributed by atoms with E-state index in [2.05, 4.69) is 32.6 Å². The Balaban J connectivity index is 2.33. The van der Waals surface area contributed by atoms with E-state index in [-0.39, 0.29) is 17.2 Å². The van der Waals surface area contributed by atoms with E-state index in [0.717, 1.165) is 25.8 Å². The molecule has 0 saturated carbocycles. The number of rotatable bonds is 3. The van der Waals surface area contributed by atoms with E-state index in [9.17, 15) is 9.90 Å². The zero-order valence-electron chi connectivity index (χ0n) is 12.8. The molecule has 110 valence electrons. The van der Waals surface area contributed by atoms with Gasteiger partial charge in [-0.15, -0.1) is 0 Å². The number of hydrogen-bond donors (Lipinski definition) is 1. The summed E-state index contributed by atoms with van der Waals surface area (Å²) in [7, 11) is 0. The van der Waals surface area contributed by atoms with Crippen LogP contribution in [0.4, 0.5) is 0 Å². The molecule has 0 bridgehead atoms. The van der Waals surface area contributed by atoms with Crippen LogP contribution in [0.2, 0.25) is 0 Å². The van der Waals surface area contributed by atoms with Crippen LogP contribution < -0.4 is 0 Å². The molecule has 2 unspecified atom stereocenters. The summed E-state index contributed by atoms with van der Waals surface area (Å²) in [5, 5.41) is 9.71. The lowest BCUT2D eigenvalue weighted by Gasteiger charge is -2.42. The first kappa shape index (κ1) is 14.8. The number of hydrogen-bond acceptors (Lipinski definition) is 3. The van der Waals surface area contributed by atoms with Crippen LogP contribution in [0.3, 0.4) is 0 Å². The summed E-state index contributed by atoms with van der Waals surface area (Å²) < 4.78 is 6.14. The summed E-state index contributed by atoms with van der Waals surface area (Å²) in [4.78, 5) is 14.0. The zero-order chi connectivity index (χ0) is 14.5. The second-order valence-electron chi connectivity index (χ2n) is 7.17. The predicted octanol–water partition coefficient (Wildman–Crippen LogP) is 2.66. The van der Waals surface area contributed by atoms with Gasteiger partial charge in [-0.25, -0.2) is 0 Å². The number of nitrogens with zero attached hydrogens (tertiary/aromatic N) is 1. The quantitative estimate of drug-likeness (QED) is 0.855. The molecule has 4 nitrogen and oxygen atoms in total. The highest BCUT2D eigenvalue weighted by Crippen LogP contribution is 2.46. The van der Waals surface area contributed by atoms with Gasteiger partial charge in [-0.2, -0.15) is 0 Å². The van der Waals surface area contributed by atoms with Crippen molar-refractivity contribution in [2.24, 2.45) is 0 Å². The lowest BCUT2D eigenvalue weighted by Crippen LogP contribution is -2.58. The maximum Gasteiger partial charge on any atom is 0.324 e. The zero-order valence-corrected chi connectivity index (χ0v) is 12.8. The Morgan fingerprint density at radius 3 is 2.42 bits per heavy atom. The van der Waals surface area contributed by atoms with Gasteiger partial charge >= 0.3 is 5.97 Å². The molecule has 0 amide bonds. The minimum atomic E-state index is -0.689. The van der Waals surface area contributed by atoms with Crippen molar-refractivity contribution in [2.45, 2.75) is 83.1 Å². The van der Waals surface area contributed by atoms with E-state index >= 15 is 0 Å². The van der Waals surface area contributed by atoms with Crippen LogP contribution >= 0.6 is 0 Å². The maximum absolute atomic E-state index is 11.8. The fraction of sp³-hybridized carbons (Fsp3) is 0.933. The molecule has 0 aromatic carbocycles. The third-order valence-corrected chi connectivity index (χ3v) is 4.93. The molecule has 0 aliphatic carbocycles. The van der Waals surface area contributed by atoms with Crippen molar-refractivity contribution >= 4 is 5.97 Å². The second-order valence-corrected chi connectivity index (χ2v) is 7.17. The van der Waals surface area contributed by atoms with Gasteiger partial charge in [0.1, 0.15) is 5.54 Å². The average molecular weight is 269 g/mol. The molecule has 2 aliphatic rings. The lowest BCUT2D eigenvalue weighted by atomic mass is 9.86. The van der Waals surface area contributed by atoms with Gasteiger partial charge in [0.15, 0.2) is 0 Å². The highest BCUT2D eigenvalue weighted by molar-refractivity contribution is 5.79. The van der Waals surface area contributed by atoms with Crippen LogP contribution in [0.25, 0.3) is 0 Å². The topological polar surface area (TPSA) is 49.8 Å². The number of aliphatic carboxylic acids is 1. The molecule has 2 heterocycles. The van der Waals surface area contributed by atoms with Crippen molar-refractivity contribution in [3.05, 3.63) is 0 Å². The van der Waals surface area contributed by atoms with E-state index in [4.69, 9.17) is 4.74 Å². The third-order valence-electron chi connectivity index (χ3n) is 4.93. The lowest BCUT2D eigenvalue weighted by molar-refractivity contribution is -0.154. The van der Waals surface area contributed by atoms with Crippen LogP contribution in [-0.4, -0.2) is 45.3 Å². The van der Waals surface area contributed by atoms with E-state index in [0.29, 0.717) is 6.42 Å². The SMILES string of the molecule is CCC1(C(=O)O)CCCN1C1CC(C)(C)OC1(C)C. The summed E-state index contributed by atoms with van der Waals surface area (Å²) in [6.45, 7) is 11.2. The van der Waals surface area contributed by atoms with Gasteiger partial charge in [0.25, 0.3) is 0 Å². The largest absolute Gasteiger partial charge is 0.480 e. The van der Waals surface area contributed by atoms with Gasteiger partial charge in [-0.1, -0.05) is 6.92 Å². The van der Waals surface area contributed by atoms with E-state index in [1.165, 1.54) is 0 Å². The van der Waals surface area contributed by atoms with E-state index < -0.39 is 11.5 Å². The molecule has 0 aromatic heterocycles.